The van der Waals surface area contributed by atoms with Crippen molar-refractivity contribution < 1.29 is 9.53 Å². The zero-order valence-electron chi connectivity index (χ0n) is 23.2. The molecule has 0 unspecified atom stereocenters. The number of amides is 2. The van der Waals surface area contributed by atoms with Gasteiger partial charge in [0.15, 0.2) is 0 Å². The summed E-state index contributed by atoms with van der Waals surface area (Å²) in [5, 5.41) is 8.04. The van der Waals surface area contributed by atoms with E-state index >= 15 is 0 Å². The number of carbonyl (C=O) groups excluding carboxylic acids is 1. The van der Waals surface area contributed by atoms with E-state index in [1.807, 2.05) is 48.5 Å². The number of nitrogens with one attached hydrogen (secondary N) is 2. The highest BCUT2D eigenvalue weighted by Crippen LogP contribution is 2.33. The third-order valence-electron chi connectivity index (χ3n) is 7.31. The van der Waals surface area contributed by atoms with Crippen molar-refractivity contribution in [2.24, 2.45) is 0 Å². The molecule has 0 saturated carbocycles. The van der Waals surface area contributed by atoms with Crippen LogP contribution in [0.5, 0.6) is 5.75 Å². The van der Waals surface area contributed by atoms with E-state index in [1.54, 1.807) is 12.4 Å². The fourth-order valence-electron chi connectivity index (χ4n) is 5.07. The van der Waals surface area contributed by atoms with Crippen molar-refractivity contribution in [2.75, 3.05) is 30.3 Å². The van der Waals surface area contributed by atoms with Gasteiger partial charge in [-0.3, -0.25) is 4.98 Å². The van der Waals surface area contributed by atoms with Gasteiger partial charge in [-0.15, -0.1) is 0 Å². The Hall–Kier alpha value is -3.90. The van der Waals surface area contributed by atoms with Crippen LogP contribution in [0.25, 0.3) is 10.8 Å². The summed E-state index contributed by atoms with van der Waals surface area (Å²) < 4.78 is 6.12. The molecule has 0 spiro atoms. The van der Waals surface area contributed by atoms with Crippen LogP contribution in [0, 0.1) is 0 Å². The van der Waals surface area contributed by atoms with Gasteiger partial charge in [-0.2, -0.15) is 0 Å². The maximum atomic E-state index is 13.2. The van der Waals surface area contributed by atoms with E-state index in [0.29, 0.717) is 6.61 Å². The first-order valence-corrected chi connectivity index (χ1v) is 13.8. The number of hydrogen-bond donors (Lipinski definition) is 2. The smallest absolute Gasteiger partial charge is 0.323 e. The number of fused-ring (bicyclic) bond motifs is 1. The summed E-state index contributed by atoms with van der Waals surface area (Å²) >= 11 is 0. The summed E-state index contributed by atoms with van der Waals surface area (Å²) in [6, 6.07) is 21.9. The Morgan fingerprint density at radius 3 is 2.38 bits per heavy atom. The van der Waals surface area contributed by atoms with Gasteiger partial charge in [0.1, 0.15) is 12.4 Å². The molecule has 2 amide bonds. The van der Waals surface area contributed by atoms with Crippen molar-refractivity contribution in [1.29, 1.82) is 0 Å². The standard InChI is InChI=1S/C33H38N4O2/c1-33(2,3)26-20-25(14-19-37-17-6-7-18-37)21-27(22-26)35-32(38)36-30-10-11-31(29-9-5-4-8-28(29)30)39-23-24-12-15-34-16-13-24/h4-5,8-13,15-16,20-22H,6-7,14,17-19,23H2,1-3H3,(H2,35,36,38). The van der Waals surface area contributed by atoms with Crippen LogP contribution in [0.1, 0.15) is 50.3 Å². The molecule has 6 heteroatoms. The van der Waals surface area contributed by atoms with Gasteiger partial charge in [0.05, 0.1) is 5.69 Å². The number of aromatic nitrogens is 1. The predicted molar refractivity (Wildman–Crippen MR) is 160 cm³/mol. The van der Waals surface area contributed by atoms with Crippen LogP contribution in [-0.2, 0) is 18.4 Å². The average molecular weight is 523 g/mol. The predicted octanol–water partition coefficient (Wildman–Crippen LogP) is 7.39. The molecule has 0 atom stereocenters. The molecule has 1 fully saturated rings. The minimum Gasteiger partial charge on any atom is -0.488 e. The van der Waals surface area contributed by atoms with E-state index in [-0.39, 0.29) is 11.4 Å². The third-order valence-corrected chi connectivity index (χ3v) is 7.31. The highest BCUT2D eigenvalue weighted by Gasteiger charge is 2.18. The van der Waals surface area contributed by atoms with Gasteiger partial charge in [-0.1, -0.05) is 51.1 Å². The molecule has 1 aliphatic heterocycles. The molecule has 1 aromatic heterocycles. The largest absolute Gasteiger partial charge is 0.488 e. The molecule has 39 heavy (non-hydrogen) atoms. The minimum atomic E-state index is -0.262. The lowest BCUT2D eigenvalue weighted by Crippen LogP contribution is -2.23. The lowest BCUT2D eigenvalue weighted by Gasteiger charge is -2.22. The monoisotopic (exact) mass is 522 g/mol. The highest BCUT2D eigenvalue weighted by atomic mass is 16.5. The first-order valence-electron chi connectivity index (χ1n) is 13.8. The van der Waals surface area contributed by atoms with Crippen LogP contribution in [0.4, 0.5) is 16.2 Å². The quantitative estimate of drug-likeness (QED) is 0.253. The second-order valence-electron chi connectivity index (χ2n) is 11.3. The Morgan fingerprint density at radius 2 is 1.64 bits per heavy atom. The van der Waals surface area contributed by atoms with E-state index in [1.165, 1.54) is 37.1 Å². The van der Waals surface area contributed by atoms with Crippen LogP contribution in [-0.4, -0.2) is 35.5 Å². The second-order valence-corrected chi connectivity index (χ2v) is 11.3. The molecule has 1 saturated heterocycles. The van der Waals surface area contributed by atoms with Crippen molar-refractivity contribution in [3.05, 3.63) is 95.8 Å². The third kappa shape index (κ3) is 6.95. The van der Waals surface area contributed by atoms with E-state index < -0.39 is 0 Å². The minimum absolute atomic E-state index is 0.0150. The van der Waals surface area contributed by atoms with Gasteiger partial charge in [0, 0.05) is 35.4 Å². The fourth-order valence-corrected chi connectivity index (χ4v) is 5.07. The summed E-state index contributed by atoms with van der Waals surface area (Å²) in [5.74, 6) is 0.772. The number of anilines is 2. The fraction of sp³-hybridized carbons (Fsp3) is 0.333. The molecule has 202 valence electrons. The lowest BCUT2D eigenvalue weighted by molar-refractivity contribution is 0.262. The zero-order chi connectivity index (χ0) is 27.2. The van der Waals surface area contributed by atoms with Crippen molar-refractivity contribution in [1.82, 2.24) is 9.88 Å². The first-order chi connectivity index (χ1) is 18.8. The molecule has 0 bridgehead atoms. The van der Waals surface area contributed by atoms with Gasteiger partial charge in [0.25, 0.3) is 0 Å². The molecule has 1 aliphatic rings. The number of benzene rings is 3. The van der Waals surface area contributed by atoms with Gasteiger partial charge in [-0.25, -0.2) is 4.79 Å². The van der Waals surface area contributed by atoms with Crippen molar-refractivity contribution in [3.8, 4) is 5.75 Å². The summed E-state index contributed by atoms with van der Waals surface area (Å²) in [5.41, 5.74) is 5.06. The van der Waals surface area contributed by atoms with Gasteiger partial charge in [0.2, 0.25) is 0 Å². The number of ether oxygens (including phenoxy) is 1. The van der Waals surface area contributed by atoms with Crippen LogP contribution >= 0.6 is 0 Å². The van der Waals surface area contributed by atoms with Crippen molar-refractivity contribution in [2.45, 2.75) is 52.1 Å². The van der Waals surface area contributed by atoms with E-state index in [9.17, 15) is 4.79 Å². The summed E-state index contributed by atoms with van der Waals surface area (Å²) in [7, 11) is 0. The topological polar surface area (TPSA) is 66.5 Å². The van der Waals surface area contributed by atoms with Gasteiger partial charge in [-0.05, 0) is 90.9 Å². The van der Waals surface area contributed by atoms with Crippen LogP contribution in [0.3, 0.4) is 0 Å². The Balaban J connectivity index is 1.31. The van der Waals surface area contributed by atoms with Crippen LogP contribution < -0.4 is 15.4 Å². The average Bonchev–Trinajstić information content (AvgIpc) is 3.45. The number of pyridine rings is 1. The molecule has 0 radical (unpaired) electrons. The molecule has 4 aromatic rings. The molecule has 6 nitrogen and oxygen atoms in total. The van der Waals surface area contributed by atoms with E-state index in [0.717, 1.165) is 46.4 Å². The number of carbonyl (C=O) groups is 1. The second kappa shape index (κ2) is 11.9. The van der Waals surface area contributed by atoms with Gasteiger partial charge < -0.3 is 20.3 Å². The number of hydrogen-bond acceptors (Lipinski definition) is 4. The van der Waals surface area contributed by atoms with E-state index in [4.69, 9.17) is 4.74 Å². The Labute approximate surface area is 231 Å². The first kappa shape index (κ1) is 26.7. The lowest BCUT2D eigenvalue weighted by atomic mass is 9.85. The maximum absolute atomic E-state index is 13.2. The summed E-state index contributed by atoms with van der Waals surface area (Å²) in [4.78, 5) is 19.8. The Kier molecular flexibility index (Phi) is 8.13. The van der Waals surface area contributed by atoms with Gasteiger partial charge >= 0.3 is 6.03 Å². The van der Waals surface area contributed by atoms with Crippen LogP contribution in [0.2, 0.25) is 0 Å². The molecular weight excluding hydrogens is 484 g/mol. The van der Waals surface area contributed by atoms with Crippen LogP contribution in [0.15, 0.2) is 79.1 Å². The van der Waals surface area contributed by atoms with Crippen molar-refractivity contribution in [3.63, 3.8) is 0 Å². The molecule has 2 heterocycles. The molecule has 3 aromatic carbocycles. The number of rotatable bonds is 8. The summed E-state index contributed by atoms with van der Waals surface area (Å²) in [6.45, 7) is 10.5. The Morgan fingerprint density at radius 1 is 0.897 bits per heavy atom. The van der Waals surface area contributed by atoms with Crippen molar-refractivity contribution >= 4 is 28.2 Å². The molecule has 5 rings (SSSR count). The van der Waals surface area contributed by atoms with E-state index in [2.05, 4.69) is 59.5 Å². The molecule has 0 aliphatic carbocycles. The highest BCUT2D eigenvalue weighted by molar-refractivity contribution is 6.07. The zero-order valence-corrected chi connectivity index (χ0v) is 23.2. The maximum Gasteiger partial charge on any atom is 0.323 e. The molecular formula is C33H38N4O2. The number of urea groups is 1. The molecule has 2 N–H and O–H groups in total. The summed E-state index contributed by atoms with van der Waals surface area (Å²) in [6.07, 6.45) is 7.08. The number of nitrogens with zero attached hydrogens (tertiary/aromatic N) is 2. The normalized spacial score (nSPS) is 13.9. The SMILES string of the molecule is CC(C)(C)c1cc(CCN2CCCC2)cc(NC(=O)Nc2ccc(OCc3ccncc3)c3ccccc23)c1. The Bertz CT molecular complexity index is 1420. The number of likely N-dealkylation sites (tertiary alicyclic amines) is 1.